The van der Waals surface area contributed by atoms with Gasteiger partial charge in [0.25, 0.3) is 0 Å². The third-order valence-corrected chi connectivity index (χ3v) is 6.66. The molecule has 2 aromatic heterocycles. The molecule has 7 nitrogen and oxygen atoms in total. The lowest BCUT2D eigenvalue weighted by molar-refractivity contribution is 0.0730. The Labute approximate surface area is 162 Å². The topological polar surface area (TPSA) is 87.3 Å². The highest BCUT2D eigenvalue weighted by Gasteiger charge is 2.26. The van der Waals surface area contributed by atoms with Crippen LogP contribution >= 0.6 is 0 Å². The molecule has 3 heterocycles. The minimum Gasteiger partial charge on any atom is -0.379 e. The standard InChI is InChI=1S/C19H21FN4O3S/c20-15-1-3-17-14(12-22-18(17)11-15)5-6-21-19-4-2-16(13-23-19)28(25,26)24-7-9-27-10-8-24/h1-4,11-13,22H,5-10H2,(H,21,23). The van der Waals surface area contributed by atoms with E-state index in [1.54, 1.807) is 18.2 Å². The van der Waals surface area contributed by atoms with Gasteiger partial charge >= 0.3 is 0 Å². The van der Waals surface area contributed by atoms with E-state index in [2.05, 4.69) is 15.3 Å². The number of anilines is 1. The maximum absolute atomic E-state index is 13.3. The second-order valence-corrected chi connectivity index (χ2v) is 8.51. The Balaban J connectivity index is 1.38. The number of aromatic nitrogens is 2. The fourth-order valence-electron chi connectivity index (χ4n) is 3.26. The van der Waals surface area contributed by atoms with Crippen LogP contribution in [-0.2, 0) is 21.2 Å². The Hall–Kier alpha value is -2.49. The molecule has 9 heteroatoms. The van der Waals surface area contributed by atoms with Crippen molar-refractivity contribution in [2.24, 2.45) is 0 Å². The highest BCUT2D eigenvalue weighted by Crippen LogP contribution is 2.20. The van der Waals surface area contributed by atoms with Crippen molar-refractivity contribution in [2.75, 3.05) is 38.2 Å². The summed E-state index contributed by atoms with van der Waals surface area (Å²) in [6.45, 7) is 2.15. The molecule has 0 aliphatic carbocycles. The summed E-state index contributed by atoms with van der Waals surface area (Å²) in [7, 11) is -3.53. The Kier molecular flexibility index (Phi) is 5.29. The van der Waals surface area contributed by atoms with Gasteiger partial charge in [0.15, 0.2) is 0 Å². The zero-order valence-corrected chi connectivity index (χ0v) is 16.0. The fraction of sp³-hybridized carbons (Fsp3) is 0.316. The molecule has 0 unspecified atom stereocenters. The molecule has 1 aliphatic heterocycles. The number of nitrogens with zero attached hydrogens (tertiary/aromatic N) is 2. The number of hydrogen-bond donors (Lipinski definition) is 2. The highest BCUT2D eigenvalue weighted by molar-refractivity contribution is 7.89. The van der Waals surface area contributed by atoms with Crippen molar-refractivity contribution in [2.45, 2.75) is 11.3 Å². The molecule has 1 aromatic carbocycles. The van der Waals surface area contributed by atoms with Gasteiger partial charge in [-0.3, -0.25) is 0 Å². The number of pyridine rings is 1. The minimum absolute atomic E-state index is 0.179. The van der Waals surface area contributed by atoms with E-state index in [9.17, 15) is 12.8 Å². The van der Waals surface area contributed by atoms with Gasteiger partial charge in [0, 0.05) is 42.9 Å². The third-order valence-electron chi connectivity index (χ3n) is 4.77. The quantitative estimate of drug-likeness (QED) is 0.659. The summed E-state index contributed by atoms with van der Waals surface area (Å²) in [5, 5.41) is 4.18. The van der Waals surface area contributed by atoms with E-state index >= 15 is 0 Å². The van der Waals surface area contributed by atoms with Crippen molar-refractivity contribution in [3.05, 3.63) is 54.1 Å². The second kappa shape index (κ2) is 7.86. The van der Waals surface area contributed by atoms with Crippen LogP contribution in [0, 0.1) is 5.82 Å². The molecule has 2 N–H and O–H groups in total. The molecular formula is C19H21FN4O3S. The first kappa shape index (κ1) is 18.9. The van der Waals surface area contributed by atoms with E-state index in [1.165, 1.54) is 22.6 Å². The number of benzene rings is 1. The number of morpholine rings is 1. The Morgan fingerprint density at radius 2 is 2.04 bits per heavy atom. The van der Waals surface area contributed by atoms with Crippen LogP contribution in [0.2, 0.25) is 0 Å². The molecule has 0 radical (unpaired) electrons. The van der Waals surface area contributed by atoms with Gasteiger partial charge in [0.1, 0.15) is 16.5 Å². The van der Waals surface area contributed by atoms with Crippen molar-refractivity contribution in [3.8, 4) is 0 Å². The molecule has 0 amide bonds. The van der Waals surface area contributed by atoms with E-state index in [0.717, 1.165) is 22.9 Å². The highest BCUT2D eigenvalue weighted by atomic mass is 32.2. The number of ether oxygens (including phenoxy) is 1. The predicted octanol–water partition coefficient (Wildman–Crippen LogP) is 2.38. The number of H-pyrrole nitrogens is 1. The van der Waals surface area contributed by atoms with E-state index < -0.39 is 10.0 Å². The average Bonchev–Trinajstić information content (AvgIpc) is 3.11. The van der Waals surface area contributed by atoms with Crippen LogP contribution in [-0.4, -0.2) is 55.5 Å². The summed E-state index contributed by atoms with van der Waals surface area (Å²) in [6, 6.07) is 7.91. The van der Waals surface area contributed by atoms with Gasteiger partial charge in [-0.25, -0.2) is 17.8 Å². The second-order valence-electron chi connectivity index (χ2n) is 6.58. The van der Waals surface area contributed by atoms with Crippen molar-refractivity contribution in [1.82, 2.24) is 14.3 Å². The van der Waals surface area contributed by atoms with Gasteiger partial charge in [0.2, 0.25) is 10.0 Å². The smallest absolute Gasteiger partial charge is 0.244 e. The van der Waals surface area contributed by atoms with Crippen LogP contribution in [0.15, 0.2) is 47.6 Å². The van der Waals surface area contributed by atoms with E-state index in [4.69, 9.17) is 4.74 Å². The maximum Gasteiger partial charge on any atom is 0.244 e. The first-order chi connectivity index (χ1) is 13.5. The summed E-state index contributed by atoms with van der Waals surface area (Å²) >= 11 is 0. The van der Waals surface area contributed by atoms with E-state index in [0.29, 0.717) is 38.7 Å². The van der Waals surface area contributed by atoms with Crippen LogP contribution in [0.4, 0.5) is 10.2 Å². The number of halogens is 1. The monoisotopic (exact) mass is 404 g/mol. The van der Waals surface area contributed by atoms with E-state index in [1.807, 2.05) is 6.20 Å². The lowest BCUT2D eigenvalue weighted by Gasteiger charge is -2.25. The third kappa shape index (κ3) is 3.87. The molecular weight excluding hydrogens is 383 g/mol. The Bertz CT molecular complexity index is 1060. The lowest BCUT2D eigenvalue weighted by atomic mass is 10.1. The van der Waals surface area contributed by atoms with Crippen LogP contribution in [0.3, 0.4) is 0 Å². The van der Waals surface area contributed by atoms with E-state index in [-0.39, 0.29) is 10.7 Å². The summed E-state index contributed by atoms with van der Waals surface area (Å²) in [5.74, 6) is 0.335. The fourth-order valence-corrected chi connectivity index (χ4v) is 4.62. The first-order valence-corrected chi connectivity index (χ1v) is 10.5. The first-order valence-electron chi connectivity index (χ1n) is 9.07. The van der Waals surface area contributed by atoms with Crippen LogP contribution < -0.4 is 5.32 Å². The van der Waals surface area contributed by atoms with Gasteiger partial charge in [-0.1, -0.05) is 0 Å². The normalized spacial score (nSPS) is 15.8. The summed E-state index contributed by atoms with van der Waals surface area (Å²) in [5.41, 5.74) is 1.85. The number of aromatic amines is 1. The SMILES string of the molecule is O=S(=O)(c1ccc(NCCc2c[nH]c3cc(F)ccc23)nc1)N1CCOCC1. The van der Waals surface area contributed by atoms with Crippen molar-refractivity contribution in [3.63, 3.8) is 0 Å². The molecule has 0 spiro atoms. The molecule has 0 saturated carbocycles. The van der Waals surface area contributed by atoms with Gasteiger partial charge < -0.3 is 15.0 Å². The zero-order valence-electron chi connectivity index (χ0n) is 15.2. The summed E-state index contributed by atoms with van der Waals surface area (Å²) in [6.07, 6.45) is 3.97. The summed E-state index contributed by atoms with van der Waals surface area (Å²) in [4.78, 5) is 7.48. The van der Waals surface area contributed by atoms with Crippen LogP contribution in [0.5, 0.6) is 0 Å². The minimum atomic E-state index is -3.53. The number of rotatable bonds is 6. The Morgan fingerprint density at radius 3 is 2.79 bits per heavy atom. The molecule has 4 rings (SSSR count). The maximum atomic E-state index is 13.3. The molecule has 148 valence electrons. The molecule has 1 saturated heterocycles. The van der Waals surface area contributed by atoms with Gasteiger partial charge in [-0.15, -0.1) is 0 Å². The van der Waals surface area contributed by atoms with Crippen LogP contribution in [0.1, 0.15) is 5.56 Å². The van der Waals surface area contributed by atoms with Crippen molar-refractivity contribution >= 4 is 26.7 Å². The molecule has 28 heavy (non-hydrogen) atoms. The van der Waals surface area contributed by atoms with Crippen molar-refractivity contribution < 1.29 is 17.5 Å². The predicted molar refractivity (Wildman–Crippen MR) is 104 cm³/mol. The molecule has 1 aliphatic rings. The van der Waals surface area contributed by atoms with Crippen molar-refractivity contribution in [1.29, 1.82) is 0 Å². The largest absolute Gasteiger partial charge is 0.379 e. The molecule has 1 fully saturated rings. The number of sulfonamides is 1. The number of hydrogen-bond acceptors (Lipinski definition) is 5. The molecule has 0 atom stereocenters. The van der Waals surface area contributed by atoms with Gasteiger partial charge in [-0.2, -0.15) is 4.31 Å². The Morgan fingerprint density at radius 1 is 1.21 bits per heavy atom. The molecule has 0 bridgehead atoms. The number of fused-ring (bicyclic) bond motifs is 1. The number of nitrogens with one attached hydrogen (secondary N) is 2. The van der Waals surface area contributed by atoms with Gasteiger partial charge in [0.05, 0.1) is 13.2 Å². The van der Waals surface area contributed by atoms with Crippen LogP contribution in [0.25, 0.3) is 10.9 Å². The molecule has 3 aromatic rings. The summed E-state index contributed by atoms with van der Waals surface area (Å²) < 4.78 is 45.1. The zero-order chi connectivity index (χ0) is 19.6. The lowest BCUT2D eigenvalue weighted by Crippen LogP contribution is -2.40. The average molecular weight is 404 g/mol. The van der Waals surface area contributed by atoms with Gasteiger partial charge in [-0.05, 0) is 42.3 Å².